The first-order valence-electron chi connectivity index (χ1n) is 7.31. The van der Waals surface area contributed by atoms with Gasteiger partial charge in [-0.3, -0.25) is 4.79 Å². The third-order valence-electron chi connectivity index (χ3n) is 3.07. The average molecular weight is 278 g/mol. The van der Waals surface area contributed by atoms with Crippen LogP contribution in [-0.4, -0.2) is 25.6 Å². The zero-order valence-corrected chi connectivity index (χ0v) is 13.0. The van der Waals surface area contributed by atoms with Crippen LogP contribution in [0.5, 0.6) is 5.75 Å². The Morgan fingerprint density at radius 2 is 2.10 bits per heavy atom. The van der Waals surface area contributed by atoms with Gasteiger partial charge in [0.05, 0.1) is 0 Å². The van der Waals surface area contributed by atoms with Crippen LogP contribution in [0.2, 0.25) is 0 Å². The van der Waals surface area contributed by atoms with Gasteiger partial charge in [0.25, 0.3) is 5.91 Å². The van der Waals surface area contributed by atoms with Gasteiger partial charge in [0, 0.05) is 18.2 Å². The van der Waals surface area contributed by atoms with E-state index in [0.29, 0.717) is 6.54 Å². The molecule has 2 N–H and O–H groups in total. The second kappa shape index (κ2) is 8.59. The Balaban J connectivity index is 2.76. The summed E-state index contributed by atoms with van der Waals surface area (Å²) in [5.74, 6) is 0.686. The van der Waals surface area contributed by atoms with Crippen LogP contribution in [0.4, 0.5) is 0 Å². The van der Waals surface area contributed by atoms with Crippen molar-refractivity contribution in [1.82, 2.24) is 10.6 Å². The number of hydrogen-bond acceptors (Lipinski definition) is 3. The lowest BCUT2D eigenvalue weighted by atomic mass is 10.0. The summed E-state index contributed by atoms with van der Waals surface area (Å²) in [7, 11) is 0. The quantitative estimate of drug-likeness (QED) is 0.768. The molecule has 1 rings (SSSR count). The minimum absolute atomic E-state index is 0.0599. The summed E-state index contributed by atoms with van der Waals surface area (Å²) in [6, 6.07) is 6.26. The Kier molecular flexibility index (Phi) is 7.09. The highest BCUT2D eigenvalue weighted by Gasteiger charge is 2.12. The second-order valence-corrected chi connectivity index (χ2v) is 4.96. The van der Waals surface area contributed by atoms with Crippen LogP contribution < -0.4 is 15.4 Å². The first kappa shape index (κ1) is 16.5. The molecule has 1 aromatic rings. The van der Waals surface area contributed by atoms with Crippen molar-refractivity contribution >= 4 is 5.91 Å². The number of hydrogen-bond donors (Lipinski definition) is 2. The number of ether oxygens (including phenoxy) is 1. The third kappa shape index (κ3) is 5.21. The molecule has 20 heavy (non-hydrogen) atoms. The monoisotopic (exact) mass is 278 g/mol. The molecule has 0 heterocycles. The molecule has 0 spiro atoms. The van der Waals surface area contributed by atoms with Crippen LogP contribution in [0.15, 0.2) is 18.2 Å². The molecule has 0 aromatic heterocycles. The second-order valence-electron chi connectivity index (χ2n) is 4.96. The lowest BCUT2D eigenvalue weighted by Crippen LogP contribution is -2.29. The van der Waals surface area contributed by atoms with Crippen LogP contribution in [0.3, 0.4) is 0 Å². The fraction of sp³-hybridized carbons (Fsp3) is 0.562. The first-order chi connectivity index (χ1) is 9.58. The van der Waals surface area contributed by atoms with E-state index in [1.807, 2.05) is 19.1 Å². The van der Waals surface area contributed by atoms with Crippen LogP contribution >= 0.6 is 0 Å². The number of likely N-dealkylation sites (N-methyl/N-ethyl adjacent to an activating group) is 1. The van der Waals surface area contributed by atoms with Gasteiger partial charge >= 0.3 is 0 Å². The molecular weight excluding hydrogens is 252 g/mol. The van der Waals surface area contributed by atoms with E-state index < -0.39 is 0 Å². The van der Waals surface area contributed by atoms with E-state index in [1.54, 1.807) is 0 Å². The highest BCUT2D eigenvalue weighted by Crippen LogP contribution is 2.26. The number of carbonyl (C=O) groups excluding carboxylic acids is 1. The predicted molar refractivity (Wildman–Crippen MR) is 82.1 cm³/mol. The number of benzene rings is 1. The molecule has 0 radical (unpaired) electrons. The Bertz CT molecular complexity index is 432. The molecular formula is C16H26N2O2. The Morgan fingerprint density at radius 3 is 2.75 bits per heavy atom. The van der Waals surface area contributed by atoms with Gasteiger partial charge in [-0.05, 0) is 39.8 Å². The lowest BCUT2D eigenvalue weighted by molar-refractivity contribution is -0.123. The molecule has 0 bridgehead atoms. The maximum absolute atomic E-state index is 11.5. The molecule has 0 aliphatic heterocycles. The standard InChI is InChI=1S/C16H26N2O2/c1-5-9-18-13(4)14-10-12(3)7-8-15(14)20-11-16(19)17-6-2/h7-8,10,13,18H,5-6,9,11H2,1-4H3,(H,17,19). The molecule has 1 amide bonds. The maximum atomic E-state index is 11.5. The molecule has 0 saturated carbocycles. The van der Waals surface area contributed by atoms with Crippen molar-refractivity contribution in [3.05, 3.63) is 29.3 Å². The van der Waals surface area contributed by atoms with E-state index in [4.69, 9.17) is 4.74 Å². The molecule has 0 saturated heterocycles. The summed E-state index contributed by atoms with van der Waals surface area (Å²) in [6.07, 6.45) is 1.09. The van der Waals surface area contributed by atoms with Gasteiger partial charge in [0.1, 0.15) is 5.75 Å². The number of aryl methyl sites for hydroxylation is 1. The van der Waals surface area contributed by atoms with Crippen LogP contribution in [0.25, 0.3) is 0 Å². The minimum atomic E-state index is -0.0896. The Labute approximate surface area is 121 Å². The van der Waals surface area contributed by atoms with Crippen molar-refractivity contribution < 1.29 is 9.53 Å². The van der Waals surface area contributed by atoms with Gasteiger partial charge in [-0.25, -0.2) is 0 Å². The van der Waals surface area contributed by atoms with E-state index in [0.717, 1.165) is 24.3 Å². The summed E-state index contributed by atoms with van der Waals surface area (Å²) < 4.78 is 5.66. The highest BCUT2D eigenvalue weighted by atomic mass is 16.5. The van der Waals surface area contributed by atoms with Gasteiger partial charge in [-0.15, -0.1) is 0 Å². The number of carbonyl (C=O) groups is 1. The summed E-state index contributed by atoms with van der Waals surface area (Å²) in [5, 5.41) is 6.18. The molecule has 1 aromatic carbocycles. The molecule has 4 nitrogen and oxygen atoms in total. The predicted octanol–water partition coefficient (Wildman–Crippen LogP) is 2.57. The molecule has 0 fully saturated rings. The van der Waals surface area contributed by atoms with Gasteiger partial charge < -0.3 is 15.4 Å². The largest absolute Gasteiger partial charge is 0.483 e. The topological polar surface area (TPSA) is 50.4 Å². The van der Waals surface area contributed by atoms with Crippen LogP contribution in [-0.2, 0) is 4.79 Å². The van der Waals surface area contributed by atoms with Gasteiger partial charge in [-0.1, -0.05) is 24.6 Å². The molecule has 0 aliphatic rings. The zero-order chi connectivity index (χ0) is 15.0. The summed E-state index contributed by atoms with van der Waals surface area (Å²) in [6.45, 7) is 9.86. The van der Waals surface area contributed by atoms with Crippen LogP contribution in [0.1, 0.15) is 44.4 Å². The van der Waals surface area contributed by atoms with E-state index in [1.165, 1.54) is 5.56 Å². The van der Waals surface area contributed by atoms with E-state index in [2.05, 4.69) is 37.5 Å². The smallest absolute Gasteiger partial charge is 0.257 e. The van der Waals surface area contributed by atoms with Crippen molar-refractivity contribution in [1.29, 1.82) is 0 Å². The van der Waals surface area contributed by atoms with Crippen molar-refractivity contribution in [2.75, 3.05) is 19.7 Å². The Morgan fingerprint density at radius 1 is 1.35 bits per heavy atom. The summed E-state index contributed by atoms with van der Waals surface area (Å²) in [4.78, 5) is 11.5. The zero-order valence-electron chi connectivity index (χ0n) is 13.0. The van der Waals surface area contributed by atoms with Crippen molar-refractivity contribution in [2.45, 2.75) is 40.2 Å². The number of amides is 1. The SMILES string of the molecule is CCCNC(C)c1cc(C)ccc1OCC(=O)NCC. The summed E-state index contributed by atoms with van der Waals surface area (Å²) >= 11 is 0. The molecule has 4 heteroatoms. The van der Waals surface area contributed by atoms with E-state index in [9.17, 15) is 4.79 Å². The van der Waals surface area contributed by atoms with Gasteiger partial charge in [0.15, 0.2) is 6.61 Å². The fourth-order valence-corrected chi connectivity index (χ4v) is 2.00. The summed E-state index contributed by atoms with van der Waals surface area (Å²) in [5.41, 5.74) is 2.29. The maximum Gasteiger partial charge on any atom is 0.257 e. The van der Waals surface area contributed by atoms with E-state index >= 15 is 0 Å². The lowest BCUT2D eigenvalue weighted by Gasteiger charge is -2.18. The third-order valence-corrected chi connectivity index (χ3v) is 3.07. The van der Waals surface area contributed by atoms with E-state index in [-0.39, 0.29) is 18.6 Å². The fourth-order valence-electron chi connectivity index (χ4n) is 2.00. The van der Waals surface area contributed by atoms with Crippen molar-refractivity contribution in [2.24, 2.45) is 0 Å². The molecule has 0 aliphatic carbocycles. The van der Waals surface area contributed by atoms with Crippen molar-refractivity contribution in [3.8, 4) is 5.75 Å². The molecule has 1 atom stereocenters. The molecule has 1 unspecified atom stereocenters. The molecule has 112 valence electrons. The highest BCUT2D eigenvalue weighted by molar-refractivity contribution is 5.77. The van der Waals surface area contributed by atoms with Gasteiger partial charge in [-0.2, -0.15) is 0 Å². The van der Waals surface area contributed by atoms with Crippen molar-refractivity contribution in [3.63, 3.8) is 0 Å². The Hall–Kier alpha value is -1.55. The first-order valence-corrected chi connectivity index (χ1v) is 7.31. The van der Waals surface area contributed by atoms with Gasteiger partial charge in [0.2, 0.25) is 0 Å². The number of nitrogens with one attached hydrogen (secondary N) is 2. The average Bonchev–Trinajstić information content (AvgIpc) is 2.43. The normalized spacial score (nSPS) is 12.0. The minimum Gasteiger partial charge on any atom is -0.483 e. The number of rotatable bonds is 8. The van der Waals surface area contributed by atoms with Crippen LogP contribution in [0, 0.1) is 6.92 Å².